The standard InChI is InChI=1S/C13H13N3O7S/c1-22-12(18)11-8(7-10(24-11)16(20)21)23-6-2-4-15-5-3-9(17)14-13(15)19/h3,5,7H,2,4,6H2,1H3,(H,14,17,19). The molecule has 0 saturated heterocycles. The van der Waals surface area contributed by atoms with E-state index in [1.54, 1.807) is 0 Å². The third-order valence-electron chi connectivity index (χ3n) is 2.93. The van der Waals surface area contributed by atoms with Gasteiger partial charge in [0.2, 0.25) is 0 Å². The number of carbonyl (C=O) groups is 1. The summed E-state index contributed by atoms with van der Waals surface area (Å²) < 4.78 is 11.3. The Morgan fingerprint density at radius 3 is 2.83 bits per heavy atom. The van der Waals surface area contributed by atoms with Crippen LogP contribution in [0.25, 0.3) is 0 Å². The van der Waals surface area contributed by atoms with E-state index in [0.29, 0.717) is 17.8 Å². The minimum absolute atomic E-state index is 0.00501. The van der Waals surface area contributed by atoms with Crippen molar-refractivity contribution in [2.45, 2.75) is 13.0 Å². The number of carbonyl (C=O) groups excluding carboxylic acids is 1. The molecule has 0 saturated carbocycles. The van der Waals surface area contributed by atoms with Crippen molar-refractivity contribution in [1.29, 1.82) is 0 Å². The largest absolute Gasteiger partial charge is 0.491 e. The molecule has 0 atom stereocenters. The summed E-state index contributed by atoms with van der Waals surface area (Å²) in [6, 6.07) is 2.38. The molecule has 2 aromatic rings. The number of methoxy groups -OCH3 is 1. The van der Waals surface area contributed by atoms with Crippen LogP contribution in [0.1, 0.15) is 16.1 Å². The summed E-state index contributed by atoms with van der Waals surface area (Å²) in [4.78, 5) is 46.4. The summed E-state index contributed by atoms with van der Waals surface area (Å²) >= 11 is 0.665. The fraction of sp³-hybridized carbons (Fsp3) is 0.308. The molecule has 2 heterocycles. The number of nitro groups is 1. The first-order chi connectivity index (χ1) is 11.4. The van der Waals surface area contributed by atoms with Crippen molar-refractivity contribution in [2.24, 2.45) is 0 Å². The average Bonchev–Trinajstić information content (AvgIpc) is 2.97. The van der Waals surface area contributed by atoms with E-state index in [1.807, 2.05) is 0 Å². The highest BCUT2D eigenvalue weighted by Gasteiger charge is 2.23. The molecule has 0 aromatic carbocycles. The van der Waals surface area contributed by atoms with Crippen LogP contribution in [-0.4, -0.2) is 34.2 Å². The van der Waals surface area contributed by atoms with E-state index in [0.717, 1.165) is 6.07 Å². The lowest BCUT2D eigenvalue weighted by Gasteiger charge is -2.07. The van der Waals surface area contributed by atoms with Gasteiger partial charge in [0.25, 0.3) is 5.56 Å². The van der Waals surface area contributed by atoms with Crippen LogP contribution in [0.15, 0.2) is 27.9 Å². The number of nitrogens with one attached hydrogen (secondary N) is 1. The number of rotatable bonds is 7. The Balaban J connectivity index is 2.01. The SMILES string of the molecule is COC(=O)c1sc([N+](=O)[O-])cc1OCCCn1ccc(=O)[nH]c1=O. The summed E-state index contributed by atoms with van der Waals surface area (Å²) in [5, 5.41) is 10.6. The molecule has 0 fully saturated rings. The second-order valence-corrected chi connectivity index (χ2v) is 5.56. The zero-order chi connectivity index (χ0) is 17.7. The van der Waals surface area contributed by atoms with Gasteiger partial charge in [-0.1, -0.05) is 11.3 Å². The van der Waals surface area contributed by atoms with E-state index in [2.05, 4.69) is 9.72 Å². The molecule has 0 bridgehead atoms. The lowest BCUT2D eigenvalue weighted by molar-refractivity contribution is -0.380. The lowest BCUT2D eigenvalue weighted by Crippen LogP contribution is -2.29. The van der Waals surface area contributed by atoms with Crippen LogP contribution in [0.3, 0.4) is 0 Å². The number of H-pyrrole nitrogens is 1. The van der Waals surface area contributed by atoms with E-state index in [1.165, 1.54) is 23.9 Å². The maximum absolute atomic E-state index is 11.6. The van der Waals surface area contributed by atoms with Crippen molar-refractivity contribution < 1.29 is 19.2 Å². The maximum atomic E-state index is 11.6. The van der Waals surface area contributed by atoms with Gasteiger partial charge >= 0.3 is 16.7 Å². The van der Waals surface area contributed by atoms with Crippen LogP contribution in [0, 0.1) is 10.1 Å². The molecular formula is C13H13N3O7S. The molecule has 0 aliphatic carbocycles. The fourth-order valence-electron chi connectivity index (χ4n) is 1.83. The molecule has 24 heavy (non-hydrogen) atoms. The Hall–Kier alpha value is -2.95. The Morgan fingerprint density at radius 2 is 2.21 bits per heavy atom. The van der Waals surface area contributed by atoms with Gasteiger partial charge in [-0.25, -0.2) is 9.59 Å². The minimum atomic E-state index is -0.722. The second kappa shape index (κ2) is 7.55. The lowest BCUT2D eigenvalue weighted by atomic mass is 10.4. The van der Waals surface area contributed by atoms with Crippen LogP contribution >= 0.6 is 11.3 Å². The van der Waals surface area contributed by atoms with Crippen molar-refractivity contribution in [3.8, 4) is 5.75 Å². The van der Waals surface area contributed by atoms with Gasteiger partial charge in [0.15, 0.2) is 10.6 Å². The van der Waals surface area contributed by atoms with Gasteiger partial charge in [0.1, 0.15) is 0 Å². The number of thiophene rings is 1. The fourth-order valence-corrected chi connectivity index (χ4v) is 2.67. The molecule has 0 unspecified atom stereocenters. The third kappa shape index (κ3) is 4.07. The number of esters is 1. The monoisotopic (exact) mass is 355 g/mol. The average molecular weight is 355 g/mol. The first kappa shape index (κ1) is 17.4. The van der Waals surface area contributed by atoms with Crippen LogP contribution in [0.5, 0.6) is 5.75 Å². The highest BCUT2D eigenvalue weighted by Crippen LogP contribution is 2.35. The molecule has 128 valence electrons. The molecule has 0 amide bonds. The Bertz CT molecular complexity index is 867. The maximum Gasteiger partial charge on any atom is 0.352 e. The quantitative estimate of drug-likeness (QED) is 0.335. The number of ether oxygens (including phenoxy) is 2. The van der Waals surface area contributed by atoms with E-state index >= 15 is 0 Å². The van der Waals surface area contributed by atoms with Crippen LogP contribution in [0.4, 0.5) is 5.00 Å². The summed E-state index contributed by atoms with van der Waals surface area (Å²) in [5.41, 5.74) is -1.02. The number of aromatic amines is 1. The normalized spacial score (nSPS) is 10.4. The summed E-state index contributed by atoms with van der Waals surface area (Å²) in [7, 11) is 1.17. The molecule has 0 spiro atoms. The number of hydrogen-bond acceptors (Lipinski definition) is 8. The van der Waals surface area contributed by atoms with Crippen LogP contribution in [-0.2, 0) is 11.3 Å². The van der Waals surface area contributed by atoms with Gasteiger partial charge in [0.05, 0.1) is 24.7 Å². The molecule has 2 rings (SSSR count). The summed E-state index contributed by atoms with van der Waals surface area (Å²) in [6.45, 7) is 0.388. The first-order valence-electron chi connectivity index (χ1n) is 6.71. The van der Waals surface area contributed by atoms with Gasteiger partial charge in [-0.05, 0) is 6.42 Å². The Morgan fingerprint density at radius 1 is 1.46 bits per heavy atom. The van der Waals surface area contributed by atoms with Gasteiger partial charge in [0, 0.05) is 18.8 Å². The van der Waals surface area contributed by atoms with Crippen LogP contribution < -0.4 is 16.0 Å². The Labute approximate surface area is 138 Å². The first-order valence-corrected chi connectivity index (χ1v) is 7.53. The highest BCUT2D eigenvalue weighted by atomic mass is 32.1. The van der Waals surface area contributed by atoms with E-state index in [9.17, 15) is 24.5 Å². The molecule has 11 heteroatoms. The smallest absolute Gasteiger partial charge is 0.352 e. The molecule has 0 radical (unpaired) electrons. The third-order valence-corrected chi connectivity index (χ3v) is 3.98. The molecule has 2 aromatic heterocycles. The summed E-state index contributed by atoms with van der Waals surface area (Å²) in [5.74, 6) is -0.660. The zero-order valence-electron chi connectivity index (χ0n) is 12.5. The number of aryl methyl sites for hydroxylation is 1. The van der Waals surface area contributed by atoms with E-state index in [4.69, 9.17) is 4.74 Å². The zero-order valence-corrected chi connectivity index (χ0v) is 13.3. The van der Waals surface area contributed by atoms with Crippen molar-refractivity contribution in [3.05, 3.63) is 54.2 Å². The second-order valence-electron chi connectivity index (χ2n) is 4.53. The van der Waals surface area contributed by atoms with Gasteiger partial charge in [-0.2, -0.15) is 0 Å². The van der Waals surface area contributed by atoms with Crippen molar-refractivity contribution in [2.75, 3.05) is 13.7 Å². The topological polar surface area (TPSA) is 134 Å². The summed E-state index contributed by atoms with van der Waals surface area (Å²) in [6.07, 6.45) is 1.74. The molecule has 1 N–H and O–H groups in total. The highest BCUT2D eigenvalue weighted by molar-refractivity contribution is 7.17. The van der Waals surface area contributed by atoms with Crippen molar-refractivity contribution >= 4 is 22.3 Å². The van der Waals surface area contributed by atoms with Crippen molar-refractivity contribution in [1.82, 2.24) is 9.55 Å². The van der Waals surface area contributed by atoms with E-state index < -0.39 is 22.1 Å². The molecule has 0 aliphatic rings. The van der Waals surface area contributed by atoms with Gasteiger partial charge < -0.3 is 14.0 Å². The Kier molecular flexibility index (Phi) is 5.47. The molecule has 0 aliphatic heterocycles. The van der Waals surface area contributed by atoms with Crippen molar-refractivity contribution in [3.63, 3.8) is 0 Å². The minimum Gasteiger partial charge on any atom is -0.491 e. The number of nitrogens with zero attached hydrogens (tertiary/aromatic N) is 2. The van der Waals surface area contributed by atoms with Crippen LogP contribution in [0.2, 0.25) is 0 Å². The number of aromatic nitrogens is 2. The molecular weight excluding hydrogens is 342 g/mol. The van der Waals surface area contributed by atoms with Gasteiger partial charge in [-0.3, -0.25) is 19.9 Å². The predicted molar refractivity (Wildman–Crippen MR) is 83.7 cm³/mol. The predicted octanol–water partition coefficient (Wildman–Crippen LogP) is 0.762. The number of hydrogen-bond donors (Lipinski definition) is 1. The molecule has 10 nitrogen and oxygen atoms in total. The van der Waals surface area contributed by atoms with E-state index in [-0.39, 0.29) is 28.8 Å². The van der Waals surface area contributed by atoms with Gasteiger partial charge in [-0.15, -0.1) is 0 Å².